The van der Waals surface area contributed by atoms with Gasteiger partial charge in [0.15, 0.2) is 0 Å². The molecule has 0 unspecified atom stereocenters. The van der Waals surface area contributed by atoms with Crippen LogP contribution in [0.2, 0.25) is 0 Å². The Morgan fingerprint density at radius 3 is 2.58 bits per heavy atom. The lowest BCUT2D eigenvalue weighted by molar-refractivity contribution is -0.137. The second kappa shape index (κ2) is 10.4. The Morgan fingerprint density at radius 2 is 1.88 bits per heavy atom. The van der Waals surface area contributed by atoms with Crippen LogP contribution in [-0.2, 0) is 16.2 Å². The van der Waals surface area contributed by atoms with Crippen molar-refractivity contribution < 1.29 is 26.4 Å². The number of carbonyl (C=O) groups is 1. The molecule has 4 heterocycles. The summed E-state index contributed by atoms with van der Waals surface area (Å²) in [5.41, 5.74) is 6.95. The number of fused-ring (bicyclic) bond motifs is 1. The average molecular weight is 572 g/mol. The summed E-state index contributed by atoms with van der Waals surface area (Å²) in [4.78, 5) is 25.5. The lowest BCUT2D eigenvalue weighted by Crippen LogP contribution is -2.38. The minimum atomic E-state index is -4.57. The summed E-state index contributed by atoms with van der Waals surface area (Å²) in [5.74, 6) is -0.231. The highest BCUT2D eigenvalue weighted by molar-refractivity contribution is 7.92. The SMILES string of the molecule is C=CS(=O)(=O)N1CCCC[C@H]1c1nc(-c2ccc(C(=O)Nc3cc(C(F)(F)F)ccn3)cc2)c2c(N)nccn12. The van der Waals surface area contributed by atoms with E-state index in [1.54, 1.807) is 22.7 Å². The van der Waals surface area contributed by atoms with Gasteiger partial charge in [-0.15, -0.1) is 0 Å². The predicted octanol–water partition coefficient (Wildman–Crippen LogP) is 4.64. The van der Waals surface area contributed by atoms with Gasteiger partial charge in [0.2, 0.25) is 10.0 Å². The smallest absolute Gasteiger partial charge is 0.382 e. The molecule has 0 saturated carbocycles. The topological polar surface area (TPSA) is 136 Å². The summed E-state index contributed by atoms with van der Waals surface area (Å²) in [6, 6.07) is 7.23. The first kappa shape index (κ1) is 27.3. The summed E-state index contributed by atoms with van der Waals surface area (Å²) < 4.78 is 67.6. The Balaban J connectivity index is 1.48. The average Bonchev–Trinajstić information content (AvgIpc) is 3.34. The van der Waals surface area contributed by atoms with E-state index in [1.165, 1.54) is 22.6 Å². The molecule has 1 aliphatic rings. The second-order valence-electron chi connectivity index (χ2n) is 9.14. The van der Waals surface area contributed by atoms with E-state index in [0.29, 0.717) is 42.0 Å². The van der Waals surface area contributed by atoms with E-state index >= 15 is 0 Å². The van der Waals surface area contributed by atoms with Gasteiger partial charge in [0.25, 0.3) is 5.91 Å². The maximum Gasteiger partial charge on any atom is 0.416 e. The van der Waals surface area contributed by atoms with Crippen molar-refractivity contribution in [3.8, 4) is 11.3 Å². The summed E-state index contributed by atoms with van der Waals surface area (Å²) in [6.45, 7) is 3.78. The monoisotopic (exact) mass is 571 g/mol. The van der Waals surface area contributed by atoms with E-state index in [2.05, 4.69) is 21.9 Å². The zero-order chi connectivity index (χ0) is 28.7. The molecule has 40 heavy (non-hydrogen) atoms. The van der Waals surface area contributed by atoms with Crippen LogP contribution >= 0.6 is 0 Å². The number of rotatable bonds is 6. The standard InChI is InChI=1S/C26H24F3N7O3S/c1-2-40(38,39)36-13-4-3-5-19(36)24-34-21(22-23(30)32-12-14-35(22)24)16-6-8-17(9-7-16)25(37)33-20-15-18(10-11-31-20)26(27,28)29/h2,6-12,14-15,19H,1,3-5,13H2,(H2,30,32)(H,31,33,37)/t19-/m0/s1. The zero-order valence-corrected chi connectivity index (χ0v) is 21.8. The normalized spacial score (nSPS) is 16.6. The van der Waals surface area contributed by atoms with Crippen molar-refractivity contribution in [2.45, 2.75) is 31.5 Å². The minimum Gasteiger partial charge on any atom is -0.382 e. The van der Waals surface area contributed by atoms with Gasteiger partial charge in [-0.25, -0.2) is 23.4 Å². The number of alkyl halides is 3. The number of nitrogen functional groups attached to an aromatic ring is 1. The fourth-order valence-electron chi connectivity index (χ4n) is 4.73. The molecule has 0 radical (unpaired) electrons. The van der Waals surface area contributed by atoms with Gasteiger partial charge in [-0.05, 0) is 37.1 Å². The molecule has 1 atom stereocenters. The number of hydrogen-bond donors (Lipinski definition) is 2. The van der Waals surface area contributed by atoms with Crippen molar-refractivity contribution in [2.75, 3.05) is 17.6 Å². The van der Waals surface area contributed by atoms with Gasteiger partial charge >= 0.3 is 6.18 Å². The van der Waals surface area contributed by atoms with Gasteiger partial charge in [0, 0.05) is 41.7 Å². The number of benzene rings is 1. The summed E-state index contributed by atoms with van der Waals surface area (Å²) in [5, 5.41) is 3.30. The highest BCUT2D eigenvalue weighted by atomic mass is 32.2. The van der Waals surface area contributed by atoms with Crippen molar-refractivity contribution in [1.82, 2.24) is 23.7 Å². The number of piperidine rings is 1. The van der Waals surface area contributed by atoms with Crippen molar-refractivity contribution in [3.05, 3.63) is 83.9 Å². The van der Waals surface area contributed by atoms with Crippen molar-refractivity contribution in [3.63, 3.8) is 0 Å². The quantitative estimate of drug-likeness (QED) is 0.344. The number of imidazole rings is 1. The van der Waals surface area contributed by atoms with E-state index in [1.807, 2.05) is 0 Å². The van der Waals surface area contributed by atoms with Crippen LogP contribution in [-0.4, -0.2) is 44.5 Å². The number of aromatic nitrogens is 4. The van der Waals surface area contributed by atoms with Gasteiger partial charge in [0.05, 0.1) is 11.6 Å². The first-order chi connectivity index (χ1) is 19.0. The molecule has 0 aliphatic carbocycles. The molecule has 1 aromatic carbocycles. The van der Waals surface area contributed by atoms with Crippen LogP contribution in [0.1, 0.15) is 47.1 Å². The Hall–Kier alpha value is -4.30. The molecule has 0 bridgehead atoms. The van der Waals surface area contributed by atoms with E-state index < -0.39 is 33.7 Å². The van der Waals surface area contributed by atoms with Crippen LogP contribution < -0.4 is 11.1 Å². The number of anilines is 2. The Morgan fingerprint density at radius 1 is 1.12 bits per heavy atom. The van der Waals surface area contributed by atoms with Gasteiger partial charge in [-0.3, -0.25) is 9.20 Å². The highest BCUT2D eigenvalue weighted by Crippen LogP contribution is 2.37. The molecule has 14 heteroatoms. The molecule has 1 aliphatic heterocycles. The molecular weight excluding hydrogens is 547 g/mol. The maximum absolute atomic E-state index is 13.0. The third-order valence-electron chi connectivity index (χ3n) is 6.65. The van der Waals surface area contributed by atoms with Gasteiger partial charge in [-0.2, -0.15) is 17.5 Å². The Bertz CT molecular complexity index is 1700. The summed E-state index contributed by atoms with van der Waals surface area (Å²) in [7, 11) is -3.72. The van der Waals surface area contributed by atoms with Crippen LogP contribution in [0.3, 0.4) is 0 Å². The predicted molar refractivity (Wildman–Crippen MR) is 142 cm³/mol. The molecule has 1 amide bonds. The van der Waals surface area contributed by atoms with Crippen molar-refractivity contribution >= 4 is 33.1 Å². The van der Waals surface area contributed by atoms with Crippen LogP contribution in [0, 0.1) is 0 Å². The first-order valence-electron chi connectivity index (χ1n) is 12.2. The number of hydrogen-bond acceptors (Lipinski definition) is 7. The van der Waals surface area contributed by atoms with Gasteiger partial charge < -0.3 is 11.1 Å². The third-order valence-corrected chi connectivity index (χ3v) is 8.16. The molecule has 208 valence electrons. The van der Waals surface area contributed by atoms with Crippen LogP contribution in [0.5, 0.6) is 0 Å². The van der Waals surface area contributed by atoms with Crippen LogP contribution in [0.15, 0.2) is 67.0 Å². The number of nitrogens with one attached hydrogen (secondary N) is 1. The molecule has 3 aromatic heterocycles. The Kier molecular flexibility index (Phi) is 7.06. The molecule has 0 spiro atoms. The maximum atomic E-state index is 13.0. The third kappa shape index (κ3) is 5.14. The van der Waals surface area contributed by atoms with E-state index in [9.17, 15) is 26.4 Å². The molecule has 3 N–H and O–H groups in total. The number of nitrogens with two attached hydrogens (primary N) is 1. The number of carbonyl (C=O) groups excluding carboxylic acids is 1. The van der Waals surface area contributed by atoms with Gasteiger partial charge in [0.1, 0.15) is 28.7 Å². The van der Waals surface area contributed by atoms with E-state index in [4.69, 9.17) is 10.7 Å². The number of pyridine rings is 1. The molecular formula is C26H24F3N7O3S. The number of amides is 1. The van der Waals surface area contributed by atoms with Crippen molar-refractivity contribution in [1.29, 1.82) is 0 Å². The number of sulfonamides is 1. The molecule has 5 rings (SSSR count). The number of halogens is 3. The molecule has 4 aromatic rings. The lowest BCUT2D eigenvalue weighted by Gasteiger charge is -2.32. The summed E-state index contributed by atoms with van der Waals surface area (Å²) in [6.07, 6.45) is 1.63. The van der Waals surface area contributed by atoms with Gasteiger partial charge in [-0.1, -0.05) is 25.1 Å². The van der Waals surface area contributed by atoms with Crippen LogP contribution in [0.4, 0.5) is 24.8 Å². The summed E-state index contributed by atoms with van der Waals surface area (Å²) >= 11 is 0. The molecule has 1 saturated heterocycles. The molecule has 1 fully saturated rings. The van der Waals surface area contributed by atoms with E-state index in [0.717, 1.165) is 30.2 Å². The Labute approximate surface area is 227 Å². The van der Waals surface area contributed by atoms with Crippen LogP contribution in [0.25, 0.3) is 16.8 Å². The molecule has 10 nitrogen and oxygen atoms in total. The number of nitrogens with zero attached hydrogens (tertiary/aromatic N) is 5. The van der Waals surface area contributed by atoms with E-state index in [-0.39, 0.29) is 17.2 Å². The minimum absolute atomic E-state index is 0.174. The fourth-order valence-corrected chi connectivity index (χ4v) is 5.86. The highest BCUT2D eigenvalue weighted by Gasteiger charge is 2.35. The fraction of sp³-hybridized carbons (Fsp3) is 0.231. The largest absolute Gasteiger partial charge is 0.416 e. The first-order valence-corrected chi connectivity index (χ1v) is 13.7. The lowest BCUT2D eigenvalue weighted by atomic mass is 10.0. The zero-order valence-electron chi connectivity index (χ0n) is 21.0. The van der Waals surface area contributed by atoms with Crippen molar-refractivity contribution in [2.24, 2.45) is 0 Å². The second-order valence-corrected chi connectivity index (χ2v) is 11.0.